The third-order valence-electron chi connectivity index (χ3n) is 3.71. The Morgan fingerprint density at radius 1 is 0.788 bits per heavy atom. The van der Waals surface area contributed by atoms with Gasteiger partial charge in [0.25, 0.3) is 0 Å². The zero-order chi connectivity index (χ0) is 25.2. The molecule has 0 radical (unpaired) electrons. The predicted molar refractivity (Wildman–Crippen MR) is 127 cm³/mol. The summed E-state index contributed by atoms with van der Waals surface area (Å²) in [4.78, 5) is 0. The lowest BCUT2D eigenvalue weighted by Crippen LogP contribution is -2.26. The molecule has 1 fully saturated rings. The van der Waals surface area contributed by atoms with E-state index < -0.39 is 12.2 Å². The van der Waals surface area contributed by atoms with Crippen molar-refractivity contribution in [3.63, 3.8) is 0 Å². The quantitative estimate of drug-likeness (QED) is 0.173. The van der Waals surface area contributed by atoms with E-state index in [0.29, 0.717) is 46.2 Å². The van der Waals surface area contributed by atoms with Crippen LogP contribution in [0.2, 0.25) is 0 Å². The van der Waals surface area contributed by atoms with Crippen LogP contribution in [0.25, 0.3) is 0 Å². The second-order valence-corrected chi connectivity index (χ2v) is 9.70. The topological polar surface area (TPSA) is 108 Å². The summed E-state index contributed by atoms with van der Waals surface area (Å²) in [6.07, 6.45) is 0.714. The van der Waals surface area contributed by atoms with Gasteiger partial charge in [0.2, 0.25) is 0 Å². The molecule has 3 atom stereocenters. The Morgan fingerprint density at radius 2 is 1.21 bits per heavy atom. The van der Waals surface area contributed by atoms with Crippen LogP contribution in [-0.2, 0) is 33.2 Å². The number of hydrogen-bond donors (Lipinski definition) is 2. The molecule has 1 heterocycles. The first-order valence-electron chi connectivity index (χ1n) is 11.6. The van der Waals surface area contributed by atoms with Gasteiger partial charge in [0.1, 0.15) is 18.3 Å². The Morgan fingerprint density at radius 3 is 1.61 bits per heavy atom. The molecule has 0 aromatic carbocycles. The SMILES string of the molecule is C=CCOCC(O)COCCOC(C)(C)C.CC(C)(C)OCCOCC(O)COCC1CO1. The fourth-order valence-electron chi connectivity index (χ4n) is 2.14. The van der Waals surface area contributed by atoms with Gasteiger partial charge in [-0.15, -0.1) is 6.58 Å². The molecular formula is C24H48O9. The van der Waals surface area contributed by atoms with Crippen molar-refractivity contribution >= 4 is 0 Å². The van der Waals surface area contributed by atoms with Crippen LogP contribution < -0.4 is 0 Å². The third-order valence-corrected chi connectivity index (χ3v) is 3.71. The molecule has 9 nitrogen and oxygen atoms in total. The monoisotopic (exact) mass is 480 g/mol. The van der Waals surface area contributed by atoms with Gasteiger partial charge in [-0.25, -0.2) is 0 Å². The molecule has 0 saturated carbocycles. The number of epoxide rings is 1. The van der Waals surface area contributed by atoms with Crippen LogP contribution in [-0.4, -0.2) is 112 Å². The van der Waals surface area contributed by atoms with Gasteiger partial charge in [0.15, 0.2) is 0 Å². The Kier molecular flexibility index (Phi) is 18.3. The van der Waals surface area contributed by atoms with Crippen molar-refractivity contribution in [3.05, 3.63) is 12.7 Å². The maximum Gasteiger partial charge on any atom is 0.104 e. The normalized spacial score (nSPS) is 17.8. The van der Waals surface area contributed by atoms with Crippen LogP contribution >= 0.6 is 0 Å². The summed E-state index contributed by atoms with van der Waals surface area (Å²) in [5.41, 5.74) is -0.287. The van der Waals surface area contributed by atoms with Crippen molar-refractivity contribution in [1.29, 1.82) is 0 Å². The second kappa shape index (κ2) is 18.7. The maximum atomic E-state index is 9.51. The van der Waals surface area contributed by atoms with Crippen molar-refractivity contribution in [3.8, 4) is 0 Å². The first kappa shape index (κ1) is 32.4. The minimum Gasteiger partial charge on any atom is -0.388 e. The van der Waals surface area contributed by atoms with Gasteiger partial charge in [-0.3, -0.25) is 0 Å². The molecule has 0 bridgehead atoms. The predicted octanol–water partition coefficient (Wildman–Crippen LogP) is 1.98. The van der Waals surface area contributed by atoms with Gasteiger partial charge in [-0.2, -0.15) is 0 Å². The van der Waals surface area contributed by atoms with Crippen LogP contribution in [0.15, 0.2) is 12.7 Å². The maximum absolute atomic E-state index is 9.51. The molecule has 0 spiro atoms. The lowest BCUT2D eigenvalue weighted by atomic mass is 10.2. The highest BCUT2D eigenvalue weighted by Gasteiger charge is 2.22. The Hall–Kier alpha value is -0.620. The van der Waals surface area contributed by atoms with Crippen molar-refractivity contribution < 1.29 is 43.4 Å². The molecule has 0 aliphatic carbocycles. The standard InChI is InChI=1S/C12H24O5.C12H24O4/c1-12(2,3)17-5-4-14-6-10(13)7-15-8-11-9-16-11;1-5-6-14-9-11(13)10-15-7-8-16-12(2,3)4/h10-11,13H,4-9H2,1-3H3;5,11,13H,1,6-10H2,2-4H3. The van der Waals surface area contributed by atoms with Crippen molar-refractivity contribution in [2.45, 2.75) is 71.1 Å². The van der Waals surface area contributed by atoms with E-state index in [-0.39, 0.29) is 37.1 Å². The molecule has 1 saturated heterocycles. The van der Waals surface area contributed by atoms with Crippen LogP contribution in [0.3, 0.4) is 0 Å². The van der Waals surface area contributed by atoms with Crippen LogP contribution in [0, 0.1) is 0 Å². The van der Waals surface area contributed by atoms with E-state index in [1.807, 2.05) is 41.5 Å². The third kappa shape index (κ3) is 27.5. The average Bonchev–Trinajstić information content (AvgIpc) is 3.51. The minimum absolute atomic E-state index is 0.144. The van der Waals surface area contributed by atoms with Crippen LogP contribution in [0.1, 0.15) is 41.5 Å². The molecule has 9 heteroatoms. The minimum atomic E-state index is -0.588. The van der Waals surface area contributed by atoms with Gasteiger partial charge in [0, 0.05) is 0 Å². The molecule has 0 aromatic heterocycles. The molecule has 1 rings (SSSR count). The van der Waals surface area contributed by atoms with Gasteiger partial charge < -0.3 is 43.4 Å². The summed E-state index contributed by atoms with van der Waals surface area (Å²) < 4.78 is 36.8. The lowest BCUT2D eigenvalue weighted by molar-refractivity contribution is -0.0598. The first-order chi connectivity index (χ1) is 15.4. The van der Waals surface area contributed by atoms with Gasteiger partial charge in [-0.05, 0) is 41.5 Å². The van der Waals surface area contributed by atoms with E-state index in [1.165, 1.54) is 0 Å². The molecule has 3 unspecified atom stereocenters. The fourth-order valence-corrected chi connectivity index (χ4v) is 2.14. The molecule has 2 N–H and O–H groups in total. The zero-order valence-electron chi connectivity index (χ0n) is 21.5. The summed E-state index contributed by atoms with van der Waals surface area (Å²) in [5, 5.41) is 18.9. The smallest absolute Gasteiger partial charge is 0.104 e. The number of aliphatic hydroxyl groups excluding tert-OH is 2. The molecule has 0 aromatic rings. The Balaban J connectivity index is 0.000000622. The van der Waals surface area contributed by atoms with E-state index in [9.17, 15) is 10.2 Å². The molecule has 1 aliphatic rings. The van der Waals surface area contributed by atoms with Crippen molar-refractivity contribution in [2.75, 3.05) is 72.7 Å². The fraction of sp³-hybridized carbons (Fsp3) is 0.917. The molecule has 0 amide bonds. The Labute approximate surface area is 200 Å². The van der Waals surface area contributed by atoms with Crippen LogP contribution in [0.5, 0.6) is 0 Å². The largest absolute Gasteiger partial charge is 0.388 e. The van der Waals surface area contributed by atoms with E-state index in [1.54, 1.807) is 6.08 Å². The first-order valence-corrected chi connectivity index (χ1v) is 11.6. The van der Waals surface area contributed by atoms with E-state index in [2.05, 4.69) is 6.58 Å². The molecule has 198 valence electrons. The summed E-state index contributed by atoms with van der Waals surface area (Å²) in [6, 6.07) is 0. The highest BCUT2D eigenvalue weighted by Crippen LogP contribution is 2.09. The van der Waals surface area contributed by atoms with E-state index in [4.69, 9.17) is 33.2 Å². The van der Waals surface area contributed by atoms with Gasteiger partial charge in [-0.1, -0.05) is 6.08 Å². The summed E-state index contributed by atoms with van der Waals surface area (Å²) in [6.45, 7) is 20.4. The van der Waals surface area contributed by atoms with E-state index >= 15 is 0 Å². The number of hydrogen-bond acceptors (Lipinski definition) is 9. The van der Waals surface area contributed by atoms with Gasteiger partial charge in [0.05, 0.1) is 83.9 Å². The second-order valence-electron chi connectivity index (χ2n) is 9.70. The van der Waals surface area contributed by atoms with E-state index in [0.717, 1.165) is 6.61 Å². The number of ether oxygens (including phenoxy) is 7. The summed E-state index contributed by atoms with van der Waals surface area (Å²) in [7, 11) is 0. The van der Waals surface area contributed by atoms with Crippen molar-refractivity contribution in [2.24, 2.45) is 0 Å². The number of aliphatic hydroxyl groups is 2. The average molecular weight is 481 g/mol. The summed E-state index contributed by atoms with van der Waals surface area (Å²) >= 11 is 0. The zero-order valence-corrected chi connectivity index (χ0v) is 21.5. The van der Waals surface area contributed by atoms with Crippen molar-refractivity contribution in [1.82, 2.24) is 0 Å². The highest BCUT2D eigenvalue weighted by molar-refractivity contribution is 4.68. The Bertz CT molecular complexity index is 456. The molecule has 1 aliphatic heterocycles. The van der Waals surface area contributed by atoms with Gasteiger partial charge >= 0.3 is 0 Å². The lowest BCUT2D eigenvalue weighted by Gasteiger charge is -2.19. The highest BCUT2D eigenvalue weighted by atomic mass is 16.6. The molecular weight excluding hydrogens is 432 g/mol. The summed E-state index contributed by atoms with van der Waals surface area (Å²) in [5.74, 6) is 0. The molecule has 33 heavy (non-hydrogen) atoms. The van der Waals surface area contributed by atoms with Crippen LogP contribution in [0.4, 0.5) is 0 Å². The number of rotatable bonds is 18.